The normalized spacial score (nSPS) is 20.3. The molecule has 0 aromatic carbocycles. The molecule has 2 atom stereocenters. The summed E-state index contributed by atoms with van der Waals surface area (Å²) in [5.74, 6) is -0.120. The molecule has 1 fully saturated rings. The van der Waals surface area contributed by atoms with Gasteiger partial charge in [-0.1, -0.05) is 0 Å². The third-order valence-corrected chi connectivity index (χ3v) is 3.26. The van der Waals surface area contributed by atoms with Crippen LogP contribution in [0.25, 0.3) is 0 Å². The van der Waals surface area contributed by atoms with Crippen molar-refractivity contribution in [2.24, 2.45) is 5.92 Å². The molecular weight excluding hydrogens is 268 g/mol. The standard InChI is InChI=1S/C15H24N4O2/c1-15(2,3)21-14(20)18-13-6-8-19(11-13)10-12(9-17)5-4-7-16/h12-13H,4-6,8,10-11H2,1-3H3,(H,18,20)/t12-,13-/m0/s1. The highest BCUT2D eigenvalue weighted by Crippen LogP contribution is 2.15. The Morgan fingerprint density at radius 1 is 1.48 bits per heavy atom. The van der Waals surface area contributed by atoms with E-state index in [9.17, 15) is 4.79 Å². The highest BCUT2D eigenvalue weighted by atomic mass is 16.6. The molecule has 1 amide bonds. The molecule has 1 aliphatic rings. The fourth-order valence-electron chi connectivity index (χ4n) is 2.34. The maximum absolute atomic E-state index is 11.7. The minimum Gasteiger partial charge on any atom is -0.444 e. The molecular formula is C15H24N4O2. The van der Waals surface area contributed by atoms with Crippen LogP contribution in [0.3, 0.4) is 0 Å². The summed E-state index contributed by atoms with van der Waals surface area (Å²) in [6, 6.07) is 4.38. The number of alkyl carbamates (subject to hydrolysis) is 1. The zero-order valence-corrected chi connectivity index (χ0v) is 13.1. The van der Waals surface area contributed by atoms with Gasteiger partial charge in [0.25, 0.3) is 0 Å². The summed E-state index contributed by atoms with van der Waals surface area (Å²) >= 11 is 0. The lowest BCUT2D eigenvalue weighted by molar-refractivity contribution is 0.0505. The lowest BCUT2D eigenvalue weighted by Gasteiger charge is -2.22. The Kier molecular flexibility index (Phi) is 6.45. The largest absolute Gasteiger partial charge is 0.444 e. The number of likely N-dealkylation sites (tertiary alicyclic amines) is 1. The first-order valence-electron chi connectivity index (χ1n) is 7.32. The average Bonchev–Trinajstić information content (AvgIpc) is 2.79. The number of hydrogen-bond donors (Lipinski definition) is 1. The summed E-state index contributed by atoms with van der Waals surface area (Å²) in [4.78, 5) is 13.9. The van der Waals surface area contributed by atoms with Crippen LogP contribution < -0.4 is 5.32 Å². The Morgan fingerprint density at radius 3 is 2.76 bits per heavy atom. The molecule has 0 radical (unpaired) electrons. The summed E-state index contributed by atoms with van der Waals surface area (Å²) in [6.07, 6.45) is 1.48. The Labute approximate surface area is 126 Å². The smallest absolute Gasteiger partial charge is 0.407 e. The van der Waals surface area contributed by atoms with Gasteiger partial charge in [-0.3, -0.25) is 4.90 Å². The fourth-order valence-corrected chi connectivity index (χ4v) is 2.34. The van der Waals surface area contributed by atoms with Crippen molar-refractivity contribution in [1.29, 1.82) is 10.5 Å². The van der Waals surface area contributed by atoms with Crippen LogP contribution in [-0.2, 0) is 4.74 Å². The van der Waals surface area contributed by atoms with Gasteiger partial charge in [0.2, 0.25) is 0 Å². The lowest BCUT2D eigenvalue weighted by atomic mass is 10.1. The van der Waals surface area contributed by atoms with E-state index in [0.717, 1.165) is 19.5 Å². The van der Waals surface area contributed by atoms with Crippen molar-refractivity contribution in [3.63, 3.8) is 0 Å². The van der Waals surface area contributed by atoms with Gasteiger partial charge >= 0.3 is 6.09 Å². The van der Waals surface area contributed by atoms with E-state index in [-0.39, 0.29) is 12.0 Å². The van der Waals surface area contributed by atoms with Crippen molar-refractivity contribution in [2.75, 3.05) is 19.6 Å². The first-order valence-corrected chi connectivity index (χ1v) is 7.32. The Bertz CT molecular complexity index is 430. The summed E-state index contributed by atoms with van der Waals surface area (Å²) in [6.45, 7) is 7.74. The molecule has 1 saturated heterocycles. The number of amides is 1. The molecule has 1 N–H and O–H groups in total. The Morgan fingerprint density at radius 2 is 2.19 bits per heavy atom. The van der Waals surface area contributed by atoms with Gasteiger partial charge in [0, 0.05) is 32.1 Å². The molecule has 116 valence electrons. The van der Waals surface area contributed by atoms with Crippen LogP contribution in [0.15, 0.2) is 0 Å². The third kappa shape index (κ3) is 6.97. The Hall–Kier alpha value is -1.79. The molecule has 21 heavy (non-hydrogen) atoms. The molecule has 1 heterocycles. The number of rotatable bonds is 5. The van der Waals surface area contributed by atoms with E-state index < -0.39 is 11.7 Å². The summed E-state index contributed by atoms with van der Waals surface area (Å²) in [5.41, 5.74) is -0.494. The second-order valence-electron chi connectivity index (χ2n) is 6.41. The molecule has 0 saturated carbocycles. The maximum atomic E-state index is 11.7. The van der Waals surface area contributed by atoms with Crippen LogP contribution in [0.4, 0.5) is 4.79 Å². The van der Waals surface area contributed by atoms with Crippen LogP contribution in [0.2, 0.25) is 0 Å². The predicted octanol–water partition coefficient (Wildman–Crippen LogP) is 2.03. The first kappa shape index (κ1) is 17.3. The van der Waals surface area contributed by atoms with Gasteiger partial charge in [-0.15, -0.1) is 0 Å². The molecule has 1 aliphatic heterocycles. The second kappa shape index (κ2) is 7.85. The van der Waals surface area contributed by atoms with Crippen molar-refractivity contribution in [3.05, 3.63) is 0 Å². The number of nitrogens with zero attached hydrogens (tertiary/aromatic N) is 3. The fraction of sp³-hybridized carbons (Fsp3) is 0.800. The van der Waals surface area contributed by atoms with E-state index in [1.54, 1.807) is 0 Å². The van der Waals surface area contributed by atoms with Gasteiger partial charge in [-0.2, -0.15) is 10.5 Å². The highest BCUT2D eigenvalue weighted by molar-refractivity contribution is 5.68. The lowest BCUT2D eigenvalue weighted by Crippen LogP contribution is -2.41. The molecule has 0 spiro atoms. The molecule has 1 rings (SSSR count). The number of ether oxygens (including phenoxy) is 1. The van der Waals surface area contributed by atoms with Crippen LogP contribution in [0.1, 0.15) is 40.0 Å². The van der Waals surface area contributed by atoms with Crippen molar-refractivity contribution in [2.45, 2.75) is 51.7 Å². The molecule has 0 aromatic rings. The van der Waals surface area contributed by atoms with Crippen molar-refractivity contribution >= 4 is 6.09 Å². The van der Waals surface area contributed by atoms with E-state index in [2.05, 4.69) is 22.4 Å². The van der Waals surface area contributed by atoms with E-state index in [0.29, 0.717) is 19.4 Å². The van der Waals surface area contributed by atoms with Gasteiger partial charge < -0.3 is 10.1 Å². The number of carbonyl (C=O) groups excluding carboxylic acids is 1. The SMILES string of the molecule is CC(C)(C)OC(=O)N[C@H]1CCN(C[C@H](C#N)CCC#N)C1. The zero-order valence-electron chi connectivity index (χ0n) is 13.1. The molecule has 0 aliphatic carbocycles. The van der Waals surface area contributed by atoms with Crippen molar-refractivity contribution in [3.8, 4) is 12.1 Å². The van der Waals surface area contributed by atoms with Gasteiger partial charge in [0.15, 0.2) is 0 Å². The van der Waals surface area contributed by atoms with Gasteiger partial charge in [-0.25, -0.2) is 4.79 Å². The van der Waals surface area contributed by atoms with Crippen LogP contribution in [-0.4, -0.2) is 42.3 Å². The maximum Gasteiger partial charge on any atom is 0.407 e. The number of nitriles is 2. The summed E-state index contributed by atoms with van der Waals surface area (Å²) in [7, 11) is 0. The monoisotopic (exact) mass is 292 g/mol. The minimum absolute atomic E-state index is 0.0650. The van der Waals surface area contributed by atoms with Crippen LogP contribution >= 0.6 is 0 Å². The number of hydrogen-bond acceptors (Lipinski definition) is 5. The molecule has 0 aromatic heterocycles. The van der Waals surface area contributed by atoms with Crippen LogP contribution in [0, 0.1) is 28.6 Å². The number of carbonyl (C=O) groups is 1. The topological polar surface area (TPSA) is 89.2 Å². The molecule has 0 unspecified atom stereocenters. The third-order valence-electron chi connectivity index (χ3n) is 3.26. The quantitative estimate of drug-likeness (QED) is 0.837. The predicted molar refractivity (Wildman–Crippen MR) is 78.2 cm³/mol. The minimum atomic E-state index is -0.494. The van der Waals surface area contributed by atoms with Gasteiger partial charge in [-0.05, 0) is 33.6 Å². The summed E-state index contributed by atoms with van der Waals surface area (Å²) in [5, 5.41) is 20.5. The van der Waals surface area contributed by atoms with Crippen LogP contribution in [0.5, 0.6) is 0 Å². The van der Waals surface area contributed by atoms with E-state index >= 15 is 0 Å². The van der Waals surface area contributed by atoms with Gasteiger partial charge in [0.05, 0.1) is 18.1 Å². The van der Waals surface area contributed by atoms with E-state index in [4.69, 9.17) is 15.3 Å². The molecule has 0 bridgehead atoms. The zero-order chi connectivity index (χ0) is 15.9. The van der Waals surface area contributed by atoms with E-state index in [1.165, 1.54) is 0 Å². The van der Waals surface area contributed by atoms with Gasteiger partial charge in [0.1, 0.15) is 5.60 Å². The van der Waals surface area contributed by atoms with Crippen molar-refractivity contribution in [1.82, 2.24) is 10.2 Å². The first-order chi connectivity index (χ1) is 9.84. The van der Waals surface area contributed by atoms with E-state index in [1.807, 2.05) is 20.8 Å². The number of nitrogens with one attached hydrogen (secondary N) is 1. The second-order valence-corrected chi connectivity index (χ2v) is 6.41. The van der Waals surface area contributed by atoms with Crippen molar-refractivity contribution < 1.29 is 9.53 Å². The molecule has 6 heteroatoms. The average molecular weight is 292 g/mol. The molecule has 6 nitrogen and oxygen atoms in total. The summed E-state index contributed by atoms with van der Waals surface area (Å²) < 4.78 is 5.23. The Balaban J connectivity index is 2.34. The highest BCUT2D eigenvalue weighted by Gasteiger charge is 2.27.